The van der Waals surface area contributed by atoms with Gasteiger partial charge in [0.05, 0.1) is 5.69 Å². The number of nitrogens with two attached hydrogens (primary N) is 1. The van der Waals surface area contributed by atoms with Gasteiger partial charge >= 0.3 is 0 Å². The van der Waals surface area contributed by atoms with Crippen molar-refractivity contribution in [2.24, 2.45) is 0 Å². The lowest BCUT2D eigenvalue weighted by molar-refractivity contribution is 0.542. The van der Waals surface area contributed by atoms with Crippen LogP contribution in [0, 0.1) is 0 Å². The molecule has 3 heteroatoms. The highest BCUT2D eigenvalue weighted by Crippen LogP contribution is 2.14. The fourth-order valence-corrected chi connectivity index (χ4v) is 0.681. The van der Waals surface area contributed by atoms with Gasteiger partial charge in [-0.2, -0.15) is 0 Å². The summed E-state index contributed by atoms with van der Waals surface area (Å²) in [6.45, 7) is 0. The maximum atomic E-state index is 5.25. The fourth-order valence-electron chi connectivity index (χ4n) is 0.323. The molecule has 0 aliphatic rings. The highest BCUT2D eigenvalue weighted by atomic mass is 79.9. The van der Waals surface area contributed by atoms with Gasteiger partial charge in [0.2, 0.25) is 0 Å². The van der Waals surface area contributed by atoms with Crippen LogP contribution in [0.1, 0.15) is 0 Å². The standard InChI is InChI=1S/C4H4BrNO/c5-4-1-3(6)2-7-4/h1-2H,6H2. The Bertz CT molecular complexity index is 144. The molecule has 0 amide bonds. The molecular formula is C4H4BrNO. The molecule has 0 bridgehead atoms. The van der Waals surface area contributed by atoms with Crippen molar-refractivity contribution in [3.63, 3.8) is 0 Å². The van der Waals surface area contributed by atoms with Gasteiger partial charge < -0.3 is 10.2 Å². The van der Waals surface area contributed by atoms with Gasteiger partial charge in [-0.25, -0.2) is 0 Å². The lowest BCUT2D eigenvalue weighted by atomic mass is 10.6. The second-order valence-electron chi connectivity index (χ2n) is 1.18. The molecule has 2 nitrogen and oxygen atoms in total. The maximum Gasteiger partial charge on any atom is 0.171 e. The molecule has 0 fully saturated rings. The Morgan fingerprint density at radius 2 is 2.43 bits per heavy atom. The van der Waals surface area contributed by atoms with E-state index in [0.29, 0.717) is 10.4 Å². The predicted molar refractivity (Wildman–Crippen MR) is 30.8 cm³/mol. The van der Waals surface area contributed by atoms with Gasteiger partial charge in [0.25, 0.3) is 0 Å². The molecule has 1 heterocycles. The van der Waals surface area contributed by atoms with Crippen LogP contribution in [-0.4, -0.2) is 0 Å². The first-order valence-electron chi connectivity index (χ1n) is 1.78. The molecule has 0 aliphatic carbocycles. The lowest BCUT2D eigenvalue weighted by Crippen LogP contribution is -1.74. The normalized spacial score (nSPS) is 9.29. The van der Waals surface area contributed by atoms with Crippen molar-refractivity contribution in [1.29, 1.82) is 0 Å². The average molecular weight is 162 g/mol. The molecule has 0 saturated carbocycles. The van der Waals surface area contributed by atoms with Crippen molar-refractivity contribution in [3.8, 4) is 0 Å². The van der Waals surface area contributed by atoms with E-state index in [1.165, 1.54) is 6.26 Å². The summed E-state index contributed by atoms with van der Waals surface area (Å²) >= 11 is 3.09. The first-order valence-corrected chi connectivity index (χ1v) is 2.58. The minimum atomic E-state index is 0.645. The smallest absolute Gasteiger partial charge is 0.171 e. The van der Waals surface area contributed by atoms with Gasteiger partial charge in [0.1, 0.15) is 6.26 Å². The molecule has 1 aromatic heterocycles. The van der Waals surface area contributed by atoms with Crippen molar-refractivity contribution in [1.82, 2.24) is 0 Å². The monoisotopic (exact) mass is 161 g/mol. The quantitative estimate of drug-likeness (QED) is 0.629. The van der Waals surface area contributed by atoms with E-state index in [9.17, 15) is 0 Å². The first-order chi connectivity index (χ1) is 3.29. The van der Waals surface area contributed by atoms with Gasteiger partial charge in [0.15, 0.2) is 4.67 Å². The van der Waals surface area contributed by atoms with Crippen LogP contribution in [0.25, 0.3) is 0 Å². The Labute approximate surface area is 49.4 Å². The van der Waals surface area contributed by atoms with E-state index in [0.717, 1.165) is 0 Å². The molecule has 1 rings (SSSR count). The number of furan rings is 1. The maximum absolute atomic E-state index is 5.25. The second-order valence-corrected chi connectivity index (χ2v) is 1.97. The Balaban J connectivity index is 3.04. The summed E-state index contributed by atoms with van der Waals surface area (Å²) in [5.41, 5.74) is 5.90. The minimum absolute atomic E-state index is 0.645. The zero-order chi connectivity index (χ0) is 5.28. The summed E-state index contributed by atoms with van der Waals surface area (Å²) in [4.78, 5) is 0. The number of halogens is 1. The lowest BCUT2D eigenvalue weighted by Gasteiger charge is -1.67. The van der Waals surface area contributed by atoms with E-state index in [1.54, 1.807) is 6.07 Å². The molecule has 0 radical (unpaired) electrons. The SMILES string of the molecule is Nc1coc(Br)c1. The molecule has 0 unspecified atom stereocenters. The second kappa shape index (κ2) is 1.58. The Morgan fingerprint density at radius 1 is 1.71 bits per heavy atom. The third-order valence-corrected chi connectivity index (χ3v) is 1.00. The minimum Gasteiger partial charge on any atom is -0.455 e. The summed E-state index contributed by atoms with van der Waals surface area (Å²) in [5.74, 6) is 0. The first kappa shape index (κ1) is 4.71. The van der Waals surface area contributed by atoms with E-state index < -0.39 is 0 Å². The zero-order valence-corrected chi connectivity index (χ0v) is 5.10. The van der Waals surface area contributed by atoms with Crippen LogP contribution < -0.4 is 5.73 Å². The molecule has 0 atom stereocenters. The number of hydrogen-bond acceptors (Lipinski definition) is 2. The average Bonchev–Trinajstić information content (AvgIpc) is 1.87. The van der Waals surface area contributed by atoms with E-state index >= 15 is 0 Å². The van der Waals surface area contributed by atoms with Crippen LogP contribution in [0.4, 0.5) is 5.69 Å². The van der Waals surface area contributed by atoms with Gasteiger partial charge in [-0.3, -0.25) is 0 Å². The molecular weight excluding hydrogens is 158 g/mol. The van der Waals surface area contributed by atoms with Crippen molar-refractivity contribution in [2.75, 3.05) is 5.73 Å². The molecule has 0 spiro atoms. The Morgan fingerprint density at radius 3 is 2.57 bits per heavy atom. The van der Waals surface area contributed by atoms with E-state index in [2.05, 4.69) is 15.9 Å². The summed E-state index contributed by atoms with van der Waals surface area (Å²) < 4.78 is 5.43. The summed E-state index contributed by atoms with van der Waals surface area (Å²) in [6.07, 6.45) is 1.48. The molecule has 1 aromatic rings. The molecule has 0 aromatic carbocycles. The summed E-state index contributed by atoms with van der Waals surface area (Å²) in [5, 5.41) is 0. The van der Waals surface area contributed by atoms with Crippen molar-refractivity contribution >= 4 is 21.6 Å². The third kappa shape index (κ3) is 0.962. The highest BCUT2D eigenvalue weighted by Gasteiger charge is 1.88. The largest absolute Gasteiger partial charge is 0.455 e. The van der Waals surface area contributed by atoms with Crippen LogP contribution in [0.3, 0.4) is 0 Å². The number of rotatable bonds is 0. The molecule has 0 saturated heterocycles. The molecule has 38 valence electrons. The molecule has 7 heavy (non-hydrogen) atoms. The number of hydrogen-bond donors (Lipinski definition) is 1. The van der Waals surface area contributed by atoms with Crippen molar-refractivity contribution < 1.29 is 4.42 Å². The third-order valence-electron chi connectivity index (χ3n) is 0.588. The fraction of sp³-hybridized carbons (Fsp3) is 0. The predicted octanol–water partition coefficient (Wildman–Crippen LogP) is 1.62. The van der Waals surface area contributed by atoms with Crippen molar-refractivity contribution in [3.05, 3.63) is 17.0 Å². The van der Waals surface area contributed by atoms with Gasteiger partial charge in [-0.15, -0.1) is 0 Å². The zero-order valence-electron chi connectivity index (χ0n) is 3.52. The number of anilines is 1. The van der Waals surface area contributed by atoms with Crippen LogP contribution in [-0.2, 0) is 0 Å². The van der Waals surface area contributed by atoms with Gasteiger partial charge in [0, 0.05) is 6.07 Å². The van der Waals surface area contributed by atoms with Crippen LogP contribution in [0.15, 0.2) is 21.4 Å². The van der Waals surface area contributed by atoms with Crippen molar-refractivity contribution in [2.45, 2.75) is 0 Å². The summed E-state index contributed by atoms with van der Waals surface area (Å²) in [7, 11) is 0. The summed E-state index contributed by atoms with van der Waals surface area (Å²) in [6, 6.07) is 1.69. The van der Waals surface area contributed by atoms with Crippen LogP contribution in [0.5, 0.6) is 0 Å². The Hall–Kier alpha value is -0.440. The van der Waals surface area contributed by atoms with Gasteiger partial charge in [-0.05, 0) is 15.9 Å². The van der Waals surface area contributed by atoms with Crippen LogP contribution >= 0.6 is 15.9 Å². The topological polar surface area (TPSA) is 39.2 Å². The van der Waals surface area contributed by atoms with E-state index in [-0.39, 0.29) is 0 Å². The highest BCUT2D eigenvalue weighted by molar-refractivity contribution is 9.10. The Kier molecular flexibility index (Phi) is 1.06. The van der Waals surface area contributed by atoms with E-state index in [1.807, 2.05) is 0 Å². The molecule has 2 N–H and O–H groups in total. The van der Waals surface area contributed by atoms with Gasteiger partial charge in [-0.1, -0.05) is 0 Å². The van der Waals surface area contributed by atoms with E-state index in [4.69, 9.17) is 10.2 Å². The van der Waals surface area contributed by atoms with Crippen LogP contribution in [0.2, 0.25) is 0 Å². The number of nitrogen functional groups attached to an aromatic ring is 1. The molecule has 0 aliphatic heterocycles.